The number of halogens is 4. The van der Waals surface area contributed by atoms with Crippen molar-refractivity contribution in [1.29, 1.82) is 0 Å². The van der Waals surface area contributed by atoms with Gasteiger partial charge in [0.05, 0.1) is 6.61 Å². The lowest BCUT2D eigenvalue weighted by Crippen LogP contribution is -2.14. The molecule has 0 saturated carbocycles. The van der Waals surface area contributed by atoms with E-state index in [0.717, 1.165) is 0 Å². The predicted molar refractivity (Wildman–Crippen MR) is 48.1 cm³/mol. The van der Waals surface area contributed by atoms with Gasteiger partial charge in [0.15, 0.2) is 23.3 Å². The summed E-state index contributed by atoms with van der Waals surface area (Å²) in [6.45, 7) is 1.19. The molecule has 0 heterocycles. The Morgan fingerprint density at radius 1 is 1.12 bits per heavy atom. The largest absolute Gasteiger partial charge is 0.462 e. The second kappa shape index (κ2) is 4.65. The summed E-state index contributed by atoms with van der Waals surface area (Å²) in [5.41, 5.74) is -1.41. The molecule has 16 heavy (non-hydrogen) atoms. The molecule has 0 atom stereocenters. The van der Waals surface area contributed by atoms with Crippen LogP contribution in [-0.2, 0) is 4.74 Å². The molecule has 1 aromatic rings. The molecule has 0 N–H and O–H groups in total. The minimum atomic E-state index is -1.85. The first kappa shape index (κ1) is 12.7. The fourth-order valence-electron chi connectivity index (χ4n) is 0.994. The van der Waals surface area contributed by atoms with E-state index in [0.29, 0.717) is 0 Å². The molecule has 0 bridgehead atoms. The molecule has 0 aliphatic carbocycles. The van der Waals surface area contributed by atoms with Crippen LogP contribution in [0, 0.1) is 23.3 Å². The normalized spacial score (nSPS) is 10.3. The fourth-order valence-corrected chi connectivity index (χ4v) is 1.17. The van der Waals surface area contributed by atoms with Crippen molar-refractivity contribution in [2.75, 3.05) is 6.61 Å². The van der Waals surface area contributed by atoms with Gasteiger partial charge in [-0.05, 0) is 6.92 Å². The molecular weight excluding hydrogens is 248 g/mol. The van der Waals surface area contributed by atoms with Crippen molar-refractivity contribution in [2.24, 2.45) is 0 Å². The van der Waals surface area contributed by atoms with Crippen LogP contribution in [0.15, 0.2) is 4.90 Å². The van der Waals surface area contributed by atoms with Crippen LogP contribution in [0.2, 0.25) is 0 Å². The number of rotatable bonds is 2. The number of esters is 1. The van der Waals surface area contributed by atoms with Crippen molar-refractivity contribution in [3.05, 3.63) is 28.8 Å². The monoisotopic (exact) mass is 253 g/mol. The highest BCUT2D eigenvalue weighted by Gasteiger charge is 2.29. The van der Waals surface area contributed by atoms with Crippen molar-refractivity contribution in [2.45, 2.75) is 11.8 Å². The van der Waals surface area contributed by atoms with Crippen molar-refractivity contribution < 1.29 is 27.1 Å². The standard InChI is InChI=1S/C9H5F4O2S/c1-2-15-9(14)3-4(10)6(12)8(16)7(13)5(3)11/h2H2,1H3. The van der Waals surface area contributed by atoms with Gasteiger partial charge < -0.3 is 4.74 Å². The molecule has 0 aliphatic heterocycles. The Balaban J connectivity index is 3.45. The minimum absolute atomic E-state index is 0.184. The first-order valence-electron chi connectivity index (χ1n) is 4.11. The summed E-state index contributed by atoms with van der Waals surface area (Å²) in [6.07, 6.45) is 0. The molecule has 1 aromatic carbocycles. The Kier molecular flexibility index (Phi) is 3.69. The zero-order valence-electron chi connectivity index (χ0n) is 7.94. The lowest BCUT2D eigenvalue weighted by atomic mass is 10.2. The summed E-state index contributed by atoms with van der Waals surface area (Å²) in [4.78, 5) is 9.80. The van der Waals surface area contributed by atoms with E-state index < -0.39 is 39.7 Å². The fraction of sp³-hybridized carbons (Fsp3) is 0.222. The second-order valence-corrected chi connectivity index (χ2v) is 3.09. The van der Waals surface area contributed by atoms with Gasteiger partial charge in [0.25, 0.3) is 0 Å². The molecule has 0 aliphatic rings. The van der Waals surface area contributed by atoms with Crippen molar-refractivity contribution >= 4 is 18.6 Å². The van der Waals surface area contributed by atoms with Gasteiger partial charge in [-0.15, -0.1) is 0 Å². The van der Waals surface area contributed by atoms with Crippen LogP contribution >= 0.6 is 12.6 Å². The number of benzene rings is 1. The summed E-state index contributed by atoms with van der Waals surface area (Å²) in [5, 5.41) is 0. The number of ether oxygens (including phenoxy) is 1. The zero-order chi connectivity index (χ0) is 12.5. The highest BCUT2D eigenvalue weighted by molar-refractivity contribution is 7.80. The van der Waals surface area contributed by atoms with Gasteiger partial charge in [-0.1, -0.05) is 12.6 Å². The van der Waals surface area contributed by atoms with Crippen molar-refractivity contribution in [3.63, 3.8) is 0 Å². The van der Waals surface area contributed by atoms with Gasteiger partial charge in [0.2, 0.25) is 0 Å². The van der Waals surface area contributed by atoms with E-state index in [1.165, 1.54) is 6.92 Å². The molecule has 1 rings (SSSR count). The number of carbonyl (C=O) groups excluding carboxylic acids is 1. The van der Waals surface area contributed by atoms with Crippen LogP contribution < -0.4 is 0 Å². The lowest BCUT2D eigenvalue weighted by Gasteiger charge is -2.07. The molecule has 0 aromatic heterocycles. The van der Waals surface area contributed by atoms with Gasteiger partial charge in [-0.2, -0.15) is 0 Å². The van der Waals surface area contributed by atoms with E-state index in [9.17, 15) is 22.4 Å². The van der Waals surface area contributed by atoms with Gasteiger partial charge in [-0.3, -0.25) is 0 Å². The molecule has 87 valence electrons. The van der Waals surface area contributed by atoms with Crippen LogP contribution in [0.4, 0.5) is 17.6 Å². The van der Waals surface area contributed by atoms with Gasteiger partial charge >= 0.3 is 5.97 Å². The average Bonchev–Trinajstić information content (AvgIpc) is 2.24. The average molecular weight is 253 g/mol. The molecule has 1 radical (unpaired) electrons. The van der Waals surface area contributed by atoms with Gasteiger partial charge in [0, 0.05) is 0 Å². The smallest absolute Gasteiger partial charge is 0.344 e. The Labute approximate surface area is 93.6 Å². The highest BCUT2D eigenvalue weighted by Crippen LogP contribution is 2.26. The van der Waals surface area contributed by atoms with Gasteiger partial charge in [0.1, 0.15) is 10.5 Å². The quantitative estimate of drug-likeness (QED) is 0.460. The number of hydrogen-bond donors (Lipinski definition) is 0. The maximum Gasteiger partial charge on any atom is 0.344 e. The Hall–Kier alpha value is -1.37. The Morgan fingerprint density at radius 2 is 1.56 bits per heavy atom. The topological polar surface area (TPSA) is 26.3 Å². The molecule has 0 spiro atoms. The number of carbonyl (C=O) groups is 1. The minimum Gasteiger partial charge on any atom is -0.462 e. The van der Waals surface area contributed by atoms with Crippen LogP contribution in [-0.4, -0.2) is 12.6 Å². The summed E-state index contributed by atoms with van der Waals surface area (Å²) in [6, 6.07) is 0. The Morgan fingerprint density at radius 3 is 1.94 bits per heavy atom. The van der Waals surface area contributed by atoms with Crippen molar-refractivity contribution in [3.8, 4) is 0 Å². The summed E-state index contributed by atoms with van der Waals surface area (Å²) in [7, 11) is 0. The first-order chi connectivity index (χ1) is 7.41. The summed E-state index contributed by atoms with van der Waals surface area (Å²) in [5.74, 6) is -8.73. The van der Waals surface area contributed by atoms with Crippen LogP contribution in [0.5, 0.6) is 0 Å². The second-order valence-electron chi connectivity index (χ2n) is 2.68. The van der Waals surface area contributed by atoms with Crippen LogP contribution in [0.1, 0.15) is 17.3 Å². The molecule has 0 fully saturated rings. The van der Waals surface area contributed by atoms with E-state index in [1.807, 2.05) is 0 Å². The van der Waals surface area contributed by atoms with Crippen LogP contribution in [0.3, 0.4) is 0 Å². The van der Waals surface area contributed by atoms with E-state index in [1.54, 1.807) is 0 Å². The Bertz CT molecular complexity index is 419. The van der Waals surface area contributed by atoms with E-state index in [4.69, 9.17) is 0 Å². The third-order valence-electron chi connectivity index (χ3n) is 1.70. The molecular formula is C9H5F4O2S. The zero-order valence-corrected chi connectivity index (χ0v) is 8.76. The molecule has 0 saturated heterocycles. The summed E-state index contributed by atoms with van der Waals surface area (Å²) >= 11 is 4.10. The van der Waals surface area contributed by atoms with E-state index in [-0.39, 0.29) is 6.61 Å². The third kappa shape index (κ3) is 1.95. The highest BCUT2D eigenvalue weighted by atomic mass is 32.1. The SMILES string of the molecule is CCOC(=O)c1c(F)c(F)c([S])c(F)c1F. The van der Waals surface area contributed by atoms with Crippen LogP contribution in [0.25, 0.3) is 0 Å². The molecule has 2 nitrogen and oxygen atoms in total. The summed E-state index contributed by atoms with van der Waals surface area (Å²) < 4.78 is 56.4. The maximum atomic E-state index is 13.1. The molecule has 0 amide bonds. The first-order valence-corrected chi connectivity index (χ1v) is 4.52. The lowest BCUT2D eigenvalue weighted by molar-refractivity contribution is 0.0511. The molecule has 7 heteroatoms. The van der Waals surface area contributed by atoms with Crippen molar-refractivity contribution in [1.82, 2.24) is 0 Å². The third-order valence-corrected chi connectivity index (χ3v) is 2.06. The van der Waals surface area contributed by atoms with E-state index >= 15 is 0 Å². The predicted octanol–water partition coefficient (Wildman–Crippen LogP) is 2.98. The maximum absolute atomic E-state index is 13.1. The van der Waals surface area contributed by atoms with Gasteiger partial charge in [-0.25, -0.2) is 22.4 Å². The van der Waals surface area contributed by atoms with E-state index in [2.05, 4.69) is 17.4 Å². The number of hydrogen-bond acceptors (Lipinski definition) is 2. The molecule has 0 unspecified atom stereocenters.